The summed E-state index contributed by atoms with van der Waals surface area (Å²) in [7, 11) is 0. The van der Waals surface area contributed by atoms with Gasteiger partial charge in [0, 0.05) is 10.3 Å². The first-order valence-corrected chi connectivity index (χ1v) is 8.08. The molecule has 0 unspecified atom stereocenters. The van der Waals surface area contributed by atoms with E-state index in [2.05, 4.69) is 12.1 Å². The van der Waals surface area contributed by atoms with E-state index in [-0.39, 0.29) is 5.78 Å². The fourth-order valence-corrected chi connectivity index (χ4v) is 4.10. The number of thiophene rings is 1. The van der Waals surface area contributed by atoms with Crippen LogP contribution in [0.3, 0.4) is 0 Å². The van der Waals surface area contributed by atoms with Crippen LogP contribution in [0.2, 0.25) is 0 Å². The molecule has 3 aromatic carbocycles. The Hall–Kier alpha value is -2.45. The van der Waals surface area contributed by atoms with Crippen LogP contribution in [0.15, 0.2) is 66.7 Å². The maximum atomic E-state index is 13.1. The molecule has 0 aliphatic heterocycles. The van der Waals surface area contributed by atoms with Crippen molar-refractivity contribution in [1.29, 1.82) is 0 Å². The van der Waals surface area contributed by atoms with Crippen LogP contribution in [-0.4, -0.2) is 5.78 Å². The molecular weight excluding hydrogens is 288 g/mol. The number of hydrogen-bond donors (Lipinski definition) is 0. The van der Waals surface area contributed by atoms with Crippen molar-refractivity contribution in [2.45, 2.75) is 6.92 Å². The van der Waals surface area contributed by atoms with Gasteiger partial charge >= 0.3 is 0 Å². The zero-order valence-corrected chi connectivity index (χ0v) is 13.0. The highest BCUT2D eigenvalue weighted by Crippen LogP contribution is 2.33. The number of hydrogen-bond acceptors (Lipinski definition) is 2. The summed E-state index contributed by atoms with van der Waals surface area (Å²) in [6.07, 6.45) is 0. The quantitative estimate of drug-likeness (QED) is 0.441. The third kappa shape index (κ3) is 1.96. The Morgan fingerprint density at radius 1 is 0.818 bits per heavy atom. The Kier molecular flexibility index (Phi) is 3.05. The second-order valence-corrected chi connectivity index (χ2v) is 6.46. The van der Waals surface area contributed by atoms with E-state index in [0.717, 1.165) is 26.8 Å². The number of benzene rings is 3. The zero-order valence-electron chi connectivity index (χ0n) is 12.2. The molecule has 4 aromatic rings. The molecule has 0 atom stereocenters. The SMILES string of the molecule is Cc1c(C(=O)c2cccc3ccccc23)sc2ccccc12. The van der Waals surface area contributed by atoms with Crippen molar-refractivity contribution in [3.05, 3.63) is 82.7 Å². The minimum atomic E-state index is 0.121. The maximum absolute atomic E-state index is 13.1. The highest BCUT2D eigenvalue weighted by molar-refractivity contribution is 7.21. The topological polar surface area (TPSA) is 17.1 Å². The van der Waals surface area contributed by atoms with Crippen LogP contribution in [0, 0.1) is 6.92 Å². The van der Waals surface area contributed by atoms with Gasteiger partial charge in [-0.2, -0.15) is 0 Å². The van der Waals surface area contributed by atoms with E-state index in [4.69, 9.17) is 0 Å². The molecule has 0 spiro atoms. The lowest BCUT2D eigenvalue weighted by Crippen LogP contribution is -2.01. The third-order valence-electron chi connectivity index (χ3n) is 4.08. The summed E-state index contributed by atoms with van der Waals surface area (Å²) < 4.78 is 1.17. The smallest absolute Gasteiger partial charge is 0.203 e. The van der Waals surface area contributed by atoms with Gasteiger partial charge in [-0.25, -0.2) is 0 Å². The fourth-order valence-electron chi connectivity index (χ4n) is 2.94. The van der Waals surface area contributed by atoms with Crippen molar-refractivity contribution in [2.24, 2.45) is 0 Å². The van der Waals surface area contributed by atoms with Gasteiger partial charge in [0.05, 0.1) is 4.88 Å². The number of carbonyl (C=O) groups is 1. The van der Waals surface area contributed by atoms with Crippen molar-refractivity contribution in [2.75, 3.05) is 0 Å². The summed E-state index contributed by atoms with van der Waals surface area (Å²) in [6.45, 7) is 2.04. The molecule has 22 heavy (non-hydrogen) atoms. The molecule has 4 rings (SSSR count). The van der Waals surface area contributed by atoms with Gasteiger partial charge in [-0.3, -0.25) is 4.79 Å². The average molecular weight is 302 g/mol. The van der Waals surface area contributed by atoms with Gasteiger partial charge in [0.25, 0.3) is 0 Å². The van der Waals surface area contributed by atoms with Crippen LogP contribution in [0.1, 0.15) is 20.8 Å². The van der Waals surface area contributed by atoms with E-state index >= 15 is 0 Å². The summed E-state index contributed by atoms with van der Waals surface area (Å²) >= 11 is 1.59. The number of fused-ring (bicyclic) bond motifs is 2. The standard InChI is InChI=1S/C20H14OS/c1-13-15-9-4-5-12-18(15)22-20(13)19(21)17-11-6-8-14-7-2-3-10-16(14)17/h2-12H,1H3. The molecule has 0 radical (unpaired) electrons. The highest BCUT2D eigenvalue weighted by atomic mass is 32.1. The lowest BCUT2D eigenvalue weighted by Gasteiger charge is -2.05. The molecule has 0 amide bonds. The van der Waals surface area contributed by atoms with Crippen molar-refractivity contribution < 1.29 is 4.79 Å². The molecule has 0 aliphatic carbocycles. The molecular formula is C20H14OS. The molecule has 2 heteroatoms. The highest BCUT2D eigenvalue weighted by Gasteiger charge is 2.18. The first-order chi connectivity index (χ1) is 10.8. The molecule has 0 aliphatic rings. The molecule has 1 heterocycles. The molecule has 0 saturated heterocycles. The van der Waals surface area contributed by atoms with E-state index in [1.807, 2.05) is 61.5 Å². The summed E-state index contributed by atoms with van der Waals surface area (Å²) in [5.74, 6) is 0.121. The van der Waals surface area contributed by atoms with Crippen LogP contribution < -0.4 is 0 Å². The van der Waals surface area contributed by atoms with Gasteiger partial charge in [-0.05, 0) is 34.7 Å². The minimum absolute atomic E-state index is 0.121. The molecule has 1 nitrogen and oxygen atoms in total. The molecule has 0 saturated carbocycles. The van der Waals surface area contributed by atoms with Crippen molar-refractivity contribution in [3.63, 3.8) is 0 Å². The molecule has 0 fully saturated rings. The number of ketones is 1. The van der Waals surface area contributed by atoms with E-state index in [9.17, 15) is 4.79 Å². The van der Waals surface area contributed by atoms with E-state index in [1.54, 1.807) is 11.3 Å². The monoisotopic (exact) mass is 302 g/mol. The van der Waals surface area contributed by atoms with E-state index in [0.29, 0.717) is 0 Å². The first-order valence-electron chi connectivity index (χ1n) is 7.26. The lowest BCUT2D eigenvalue weighted by atomic mass is 9.99. The Bertz CT molecular complexity index is 1010. The normalized spacial score (nSPS) is 11.1. The number of aryl methyl sites for hydroxylation is 1. The van der Waals surface area contributed by atoms with Crippen LogP contribution in [0.4, 0.5) is 0 Å². The van der Waals surface area contributed by atoms with Gasteiger partial charge < -0.3 is 0 Å². The van der Waals surface area contributed by atoms with Gasteiger partial charge in [0.1, 0.15) is 0 Å². The molecule has 0 bridgehead atoms. The third-order valence-corrected chi connectivity index (χ3v) is 5.36. The summed E-state index contributed by atoms with van der Waals surface area (Å²) in [4.78, 5) is 13.9. The Morgan fingerprint density at radius 2 is 1.50 bits per heavy atom. The van der Waals surface area contributed by atoms with Gasteiger partial charge in [-0.1, -0.05) is 60.7 Å². The molecule has 1 aromatic heterocycles. The van der Waals surface area contributed by atoms with Crippen molar-refractivity contribution in [3.8, 4) is 0 Å². The average Bonchev–Trinajstić information content (AvgIpc) is 2.91. The zero-order chi connectivity index (χ0) is 15.1. The largest absolute Gasteiger partial charge is 0.288 e. The van der Waals surface area contributed by atoms with Crippen LogP contribution in [-0.2, 0) is 0 Å². The summed E-state index contributed by atoms with van der Waals surface area (Å²) in [5.41, 5.74) is 1.87. The van der Waals surface area contributed by atoms with Gasteiger partial charge in [-0.15, -0.1) is 11.3 Å². The molecule has 106 valence electrons. The Balaban J connectivity index is 1.94. The number of rotatable bonds is 2. The maximum Gasteiger partial charge on any atom is 0.203 e. The molecule has 0 N–H and O–H groups in total. The van der Waals surface area contributed by atoms with E-state index < -0.39 is 0 Å². The van der Waals surface area contributed by atoms with Crippen LogP contribution in [0.5, 0.6) is 0 Å². The van der Waals surface area contributed by atoms with E-state index in [1.165, 1.54) is 10.1 Å². The minimum Gasteiger partial charge on any atom is -0.288 e. The van der Waals surface area contributed by atoms with Crippen molar-refractivity contribution in [1.82, 2.24) is 0 Å². The second-order valence-electron chi connectivity index (χ2n) is 5.41. The lowest BCUT2D eigenvalue weighted by molar-refractivity contribution is 0.104. The predicted molar refractivity (Wildman–Crippen MR) is 93.9 cm³/mol. The van der Waals surface area contributed by atoms with Gasteiger partial charge in [0.2, 0.25) is 5.78 Å². The summed E-state index contributed by atoms with van der Waals surface area (Å²) in [6, 6.07) is 22.2. The fraction of sp³-hybridized carbons (Fsp3) is 0.0500. The van der Waals surface area contributed by atoms with Crippen LogP contribution >= 0.6 is 11.3 Å². The van der Waals surface area contributed by atoms with Crippen LogP contribution in [0.25, 0.3) is 20.9 Å². The first kappa shape index (κ1) is 13.2. The van der Waals surface area contributed by atoms with Crippen molar-refractivity contribution >= 4 is 38.0 Å². The van der Waals surface area contributed by atoms with Gasteiger partial charge in [0.15, 0.2) is 0 Å². The Morgan fingerprint density at radius 3 is 2.32 bits per heavy atom. The predicted octanol–water partition coefficient (Wildman–Crippen LogP) is 5.59. The Labute approximate surface area is 132 Å². The number of carbonyl (C=O) groups excluding carboxylic acids is 1. The second kappa shape index (κ2) is 5.08. The summed E-state index contributed by atoms with van der Waals surface area (Å²) in [5, 5.41) is 3.30.